The number of allylic oxidation sites excluding steroid dienone is 4. The lowest BCUT2D eigenvalue weighted by molar-refractivity contribution is 0.511. The van der Waals surface area contributed by atoms with Gasteiger partial charge in [0.05, 0.1) is 8.07 Å². The summed E-state index contributed by atoms with van der Waals surface area (Å²) < 4.78 is 0.00817. The van der Waals surface area contributed by atoms with E-state index in [1.807, 2.05) is 0 Å². The van der Waals surface area contributed by atoms with Crippen molar-refractivity contribution in [3.63, 3.8) is 0 Å². The zero-order chi connectivity index (χ0) is 22.3. The summed E-state index contributed by atoms with van der Waals surface area (Å²) in [5.74, 6) is 0. The fourth-order valence-electron chi connectivity index (χ4n) is 5.06. The average Bonchev–Trinajstić information content (AvgIpc) is 3.18. The molecule has 0 heterocycles. The molecule has 0 fully saturated rings. The molecule has 0 aliphatic heterocycles. The highest BCUT2D eigenvalue weighted by Crippen LogP contribution is 2.59. The molecule has 1 nitrogen and oxygen atoms in total. The van der Waals surface area contributed by atoms with E-state index in [1.54, 1.807) is 0 Å². The molecule has 0 spiro atoms. The Bertz CT molecular complexity index is 861. The van der Waals surface area contributed by atoms with Crippen molar-refractivity contribution in [3.8, 4) is 0 Å². The van der Waals surface area contributed by atoms with E-state index in [2.05, 4.69) is 145 Å². The topological polar surface area (TPSA) is 12.0 Å². The van der Waals surface area contributed by atoms with Gasteiger partial charge in [0.25, 0.3) is 0 Å². The summed E-state index contributed by atoms with van der Waals surface area (Å²) >= 11 is 0. The van der Waals surface area contributed by atoms with Crippen molar-refractivity contribution < 1.29 is 0 Å². The third kappa shape index (κ3) is 3.61. The van der Waals surface area contributed by atoms with Crippen LogP contribution >= 0.6 is 0 Å². The van der Waals surface area contributed by atoms with Gasteiger partial charge >= 0.3 is 0 Å². The Morgan fingerprint density at radius 1 is 0.667 bits per heavy atom. The zero-order valence-corrected chi connectivity index (χ0v) is 22.1. The molecule has 0 atom stereocenters. The number of nitrogens with one attached hydrogen (secondary N) is 1. The molecule has 3 rings (SSSR count). The molecule has 0 saturated carbocycles. The molecule has 1 N–H and O–H groups in total. The molecular formula is C27H39NSi2. The maximum atomic E-state index is 4.33. The van der Waals surface area contributed by atoms with Gasteiger partial charge in [-0.25, -0.2) is 0 Å². The first-order chi connectivity index (χ1) is 13.9. The highest BCUT2D eigenvalue weighted by atomic mass is 28.4. The van der Waals surface area contributed by atoms with Crippen LogP contribution in [0.25, 0.3) is 0 Å². The van der Waals surface area contributed by atoms with Crippen LogP contribution in [0.1, 0.15) is 41.5 Å². The molecule has 1 aliphatic carbocycles. The summed E-state index contributed by atoms with van der Waals surface area (Å²) in [5, 5.41) is 3.17. The van der Waals surface area contributed by atoms with Crippen molar-refractivity contribution in [1.82, 2.24) is 4.98 Å². The van der Waals surface area contributed by atoms with E-state index < -0.39 is 16.3 Å². The van der Waals surface area contributed by atoms with Crippen LogP contribution in [-0.2, 0) is 0 Å². The third-order valence-electron chi connectivity index (χ3n) is 7.34. The minimum Gasteiger partial charge on any atom is -0.325 e. The fraction of sp³-hybridized carbons (Fsp3) is 0.407. The minimum atomic E-state index is -2.51. The Hall–Kier alpha value is -1.69. The van der Waals surface area contributed by atoms with Crippen molar-refractivity contribution in [2.24, 2.45) is 0 Å². The van der Waals surface area contributed by atoms with Gasteiger partial charge in [0.15, 0.2) is 0 Å². The number of hydrogen-bond acceptors (Lipinski definition) is 1. The summed E-state index contributed by atoms with van der Waals surface area (Å²) in [6.45, 7) is 19.5. The van der Waals surface area contributed by atoms with Crippen LogP contribution < -0.4 is 15.4 Å². The molecule has 30 heavy (non-hydrogen) atoms. The monoisotopic (exact) mass is 433 g/mol. The van der Waals surface area contributed by atoms with Crippen molar-refractivity contribution in [3.05, 3.63) is 85.0 Å². The lowest BCUT2D eigenvalue weighted by Crippen LogP contribution is -2.82. The Labute approximate surface area is 186 Å². The molecule has 3 heteroatoms. The van der Waals surface area contributed by atoms with E-state index >= 15 is 0 Å². The summed E-state index contributed by atoms with van der Waals surface area (Å²) in [5.41, 5.74) is -0.0163. The lowest BCUT2D eigenvalue weighted by atomic mass is 10.1. The van der Waals surface area contributed by atoms with E-state index in [1.165, 1.54) is 10.4 Å². The number of benzene rings is 2. The predicted octanol–water partition coefficient (Wildman–Crippen LogP) is 6.05. The first-order valence-electron chi connectivity index (χ1n) is 11.1. The highest BCUT2D eigenvalue weighted by Gasteiger charge is 2.65. The fourth-order valence-corrected chi connectivity index (χ4v) is 18.2. The van der Waals surface area contributed by atoms with Gasteiger partial charge in [-0.1, -0.05) is 119 Å². The van der Waals surface area contributed by atoms with Gasteiger partial charge in [-0.15, -0.1) is 0 Å². The van der Waals surface area contributed by atoms with Crippen molar-refractivity contribution in [1.29, 1.82) is 0 Å². The molecule has 0 bridgehead atoms. The Morgan fingerprint density at radius 2 is 1.07 bits per heavy atom. The van der Waals surface area contributed by atoms with Gasteiger partial charge in [-0.2, -0.15) is 0 Å². The van der Waals surface area contributed by atoms with Crippen LogP contribution in [0, 0.1) is 0 Å². The van der Waals surface area contributed by atoms with Crippen molar-refractivity contribution >= 4 is 26.7 Å². The minimum absolute atomic E-state index is 0.00817. The number of rotatable bonds is 5. The van der Waals surface area contributed by atoms with Gasteiger partial charge < -0.3 is 4.98 Å². The molecular weight excluding hydrogens is 394 g/mol. The second-order valence-corrected chi connectivity index (χ2v) is 21.1. The van der Waals surface area contributed by atoms with Gasteiger partial charge in [0.1, 0.15) is 0 Å². The summed E-state index contributed by atoms with van der Waals surface area (Å²) in [7, 11) is -4.40. The van der Waals surface area contributed by atoms with Crippen LogP contribution in [0.5, 0.6) is 0 Å². The summed E-state index contributed by atoms with van der Waals surface area (Å²) in [6, 6.07) is 22.6. The SMILES string of the molecule is CC(C)(C)N[Si](c1ccccc1)(c1ccccc1)C1([Si](C)(C)C(C)(C)C)C=CC=C1. The molecule has 0 saturated heterocycles. The quantitative estimate of drug-likeness (QED) is 0.566. The third-order valence-corrected chi connectivity index (χ3v) is 21.6. The first-order valence-corrected chi connectivity index (χ1v) is 16.1. The summed E-state index contributed by atoms with van der Waals surface area (Å²) in [6.07, 6.45) is 9.74. The van der Waals surface area contributed by atoms with E-state index in [0.717, 1.165) is 0 Å². The van der Waals surface area contributed by atoms with E-state index in [-0.39, 0.29) is 15.2 Å². The molecule has 0 amide bonds. The van der Waals surface area contributed by atoms with Crippen LogP contribution in [0.2, 0.25) is 22.8 Å². The van der Waals surface area contributed by atoms with Crippen LogP contribution in [-0.4, -0.2) is 21.8 Å². The Kier molecular flexibility index (Phi) is 5.96. The molecule has 2 aromatic rings. The standard InChI is InChI=1S/C27H39NSi2/c1-25(2,3)28-30(23-17-11-9-12-18-23,24-19-13-10-14-20-24)27(21-15-16-22-27)29(7,8)26(4,5)6/h9-22,28H,1-8H3. The maximum Gasteiger partial charge on any atom is 0.201 e. The van der Waals surface area contributed by atoms with E-state index in [9.17, 15) is 0 Å². The largest absolute Gasteiger partial charge is 0.325 e. The molecule has 2 aromatic carbocycles. The Balaban J connectivity index is 2.50. The van der Waals surface area contributed by atoms with Gasteiger partial charge in [0, 0.05) is 10.2 Å². The second kappa shape index (κ2) is 7.78. The van der Waals surface area contributed by atoms with Gasteiger partial charge in [0.2, 0.25) is 8.24 Å². The van der Waals surface area contributed by atoms with E-state index in [0.29, 0.717) is 0 Å². The van der Waals surface area contributed by atoms with Crippen LogP contribution in [0.15, 0.2) is 85.0 Å². The molecule has 0 aromatic heterocycles. The van der Waals surface area contributed by atoms with Gasteiger partial charge in [-0.3, -0.25) is 0 Å². The smallest absolute Gasteiger partial charge is 0.201 e. The van der Waals surface area contributed by atoms with Crippen LogP contribution in [0.3, 0.4) is 0 Å². The molecule has 160 valence electrons. The van der Waals surface area contributed by atoms with E-state index in [4.69, 9.17) is 0 Å². The van der Waals surface area contributed by atoms with Crippen LogP contribution in [0.4, 0.5) is 0 Å². The highest BCUT2D eigenvalue weighted by molar-refractivity contribution is 7.14. The lowest BCUT2D eigenvalue weighted by Gasteiger charge is -2.59. The maximum absolute atomic E-state index is 4.33. The van der Waals surface area contributed by atoms with Gasteiger partial charge in [-0.05, 0) is 36.2 Å². The molecule has 0 unspecified atom stereocenters. The zero-order valence-electron chi connectivity index (χ0n) is 20.1. The van der Waals surface area contributed by atoms with Crippen molar-refractivity contribution in [2.75, 3.05) is 0 Å². The molecule has 0 radical (unpaired) electrons. The normalized spacial score (nSPS) is 16.8. The summed E-state index contributed by atoms with van der Waals surface area (Å²) in [4.78, 5) is 4.33. The Morgan fingerprint density at radius 3 is 1.40 bits per heavy atom. The predicted molar refractivity (Wildman–Crippen MR) is 139 cm³/mol. The molecule has 1 aliphatic rings. The average molecular weight is 434 g/mol. The number of hydrogen-bond donors (Lipinski definition) is 1. The van der Waals surface area contributed by atoms with Crippen molar-refractivity contribution in [2.45, 2.75) is 69.9 Å². The second-order valence-electron chi connectivity index (χ2n) is 11.3. The first kappa shape index (κ1) is 23.0.